The average Bonchev–Trinajstić information content (AvgIpc) is 3.10. The number of hydrogen-bond acceptors (Lipinski definition) is 4. The molecule has 1 aromatic carbocycles. The first-order chi connectivity index (χ1) is 10.2. The zero-order chi connectivity index (χ0) is 14.8. The highest BCUT2D eigenvalue weighted by atomic mass is 16.5. The number of nitrogen functional groups attached to an aromatic ring is 1. The van der Waals surface area contributed by atoms with E-state index < -0.39 is 0 Å². The molecule has 0 spiro atoms. The van der Waals surface area contributed by atoms with Gasteiger partial charge in [0.25, 0.3) is 0 Å². The zero-order valence-electron chi connectivity index (χ0n) is 12.0. The third-order valence-corrected chi connectivity index (χ3v) is 3.30. The summed E-state index contributed by atoms with van der Waals surface area (Å²) in [6.07, 6.45) is 1.63. The van der Waals surface area contributed by atoms with Crippen molar-refractivity contribution in [3.05, 3.63) is 42.7 Å². The van der Waals surface area contributed by atoms with Gasteiger partial charge in [-0.25, -0.2) is 0 Å². The van der Waals surface area contributed by atoms with Gasteiger partial charge in [0.05, 0.1) is 18.4 Å². The maximum atomic E-state index is 6.17. The van der Waals surface area contributed by atoms with Gasteiger partial charge in [0.2, 0.25) is 0 Å². The van der Waals surface area contributed by atoms with Crippen LogP contribution in [0.15, 0.2) is 47.1 Å². The zero-order valence-corrected chi connectivity index (χ0v) is 12.0. The van der Waals surface area contributed by atoms with Gasteiger partial charge in [0, 0.05) is 7.05 Å². The maximum absolute atomic E-state index is 6.17. The third kappa shape index (κ3) is 2.38. The Balaban J connectivity index is 2.09. The molecule has 2 aromatic heterocycles. The minimum atomic E-state index is 0.602. The second kappa shape index (κ2) is 5.36. The molecule has 0 unspecified atom stereocenters. The summed E-state index contributed by atoms with van der Waals surface area (Å²) in [6, 6.07) is 11.5. The SMILES string of the molecule is CCOc1ccc(-c2c(-c3ccco3)nn(C)c2N)cc1. The fourth-order valence-corrected chi connectivity index (χ4v) is 2.29. The van der Waals surface area contributed by atoms with Crippen molar-refractivity contribution >= 4 is 5.82 Å². The molecule has 0 amide bonds. The van der Waals surface area contributed by atoms with Gasteiger partial charge in [-0.2, -0.15) is 5.10 Å². The monoisotopic (exact) mass is 283 g/mol. The molecular weight excluding hydrogens is 266 g/mol. The van der Waals surface area contributed by atoms with Crippen molar-refractivity contribution in [1.82, 2.24) is 9.78 Å². The van der Waals surface area contributed by atoms with Gasteiger partial charge in [-0.3, -0.25) is 4.68 Å². The Morgan fingerprint density at radius 3 is 2.62 bits per heavy atom. The molecule has 108 valence electrons. The average molecular weight is 283 g/mol. The predicted octanol–water partition coefficient (Wildman–Crippen LogP) is 3.33. The molecule has 0 aliphatic heterocycles. The minimum Gasteiger partial charge on any atom is -0.494 e. The van der Waals surface area contributed by atoms with Gasteiger partial charge < -0.3 is 14.9 Å². The molecule has 0 atom stereocenters. The lowest BCUT2D eigenvalue weighted by Gasteiger charge is -2.06. The highest BCUT2D eigenvalue weighted by molar-refractivity contribution is 5.86. The number of rotatable bonds is 4. The van der Waals surface area contributed by atoms with Crippen LogP contribution in [0.4, 0.5) is 5.82 Å². The van der Waals surface area contributed by atoms with Gasteiger partial charge in [-0.15, -0.1) is 0 Å². The smallest absolute Gasteiger partial charge is 0.154 e. The molecule has 21 heavy (non-hydrogen) atoms. The molecule has 0 radical (unpaired) electrons. The number of nitrogens with zero attached hydrogens (tertiary/aromatic N) is 2. The summed E-state index contributed by atoms with van der Waals surface area (Å²) in [6.45, 7) is 2.61. The minimum absolute atomic E-state index is 0.602. The lowest BCUT2D eigenvalue weighted by atomic mass is 10.0. The summed E-state index contributed by atoms with van der Waals surface area (Å²) >= 11 is 0. The van der Waals surface area contributed by atoms with E-state index in [1.165, 1.54) is 0 Å². The lowest BCUT2D eigenvalue weighted by Crippen LogP contribution is -1.98. The van der Waals surface area contributed by atoms with Gasteiger partial charge in [-0.1, -0.05) is 12.1 Å². The fourth-order valence-electron chi connectivity index (χ4n) is 2.29. The van der Waals surface area contributed by atoms with Crippen molar-refractivity contribution in [2.24, 2.45) is 7.05 Å². The van der Waals surface area contributed by atoms with Crippen LogP contribution in [0, 0.1) is 0 Å². The van der Waals surface area contributed by atoms with Crippen LogP contribution in [0.1, 0.15) is 6.92 Å². The maximum Gasteiger partial charge on any atom is 0.154 e. The van der Waals surface area contributed by atoms with Crippen molar-refractivity contribution in [2.75, 3.05) is 12.3 Å². The highest BCUT2D eigenvalue weighted by Crippen LogP contribution is 2.36. The number of hydrogen-bond donors (Lipinski definition) is 1. The summed E-state index contributed by atoms with van der Waals surface area (Å²) in [5, 5.41) is 4.45. The lowest BCUT2D eigenvalue weighted by molar-refractivity contribution is 0.340. The Kier molecular flexibility index (Phi) is 3.39. The molecule has 3 rings (SSSR count). The first-order valence-corrected chi connectivity index (χ1v) is 6.80. The number of aryl methyl sites for hydroxylation is 1. The van der Waals surface area contributed by atoms with Crippen molar-refractivity contribution in [3.8, 4) is 28.3 Å². The number of anilines is 1. The van der Waals surface area contributed by atoms with Crippen LogP contribution in [0.2, 0.25) is 0 Å². The highest BCUT2D eigenvalue weighted by Gasteiger charge is 2.19. The van der Waals surface area contributed by atoms with Crippen molar-refractivity contribution in [1.29, 1.82) is 0 Å². The molecule has 2 heterocycles. The van der Waals surface area contributed by atoms with Gasteiger partial charge in [0.1, 0.15) is 17.3 Å². The molecular formula is C16H17N3O2. The second-order valence-corrected chi connectivity index (χ2v) is 4.67. The number of furan rings is 1. The van der Waals surface area contributed by atoms with E-state index in [1.807, 2.05) is 50.4 Å². The van der Waals surface area contributed by atoms with E-state index in [2.05, 4.69) is 5.10 Å². The molecule has 0 bridgehead atoms. The molecule has 0 aliphatic rings. The molecule has 0 saturated heterocycles. The largest absolute Gasteiger partial charge is 0.494 e. The van der Waals surface area contributed by atoms with Crippen LogP contribution in [0.3, 0.4) is 0 Å². The summed E-state index contributed by atoms with van der Waals surface area (Å²) in [5.74, 6) is 2.14. The Hall–Kier alpha value is -2.69. The van der Waals surface area contributed by atoms with E-state index in [1.54, 1.807) is 10.9 Å². The summed E-state index contributed by atoms with van der Waals surface area (Å²) in [7, 11) is 1.82. The van der Waals surface area contributed by atoms with E-state index in [9.17, 15) is 0 Å². The van der Waals surface area contributed by atoms with Crippen molar-refractivity contribution < 1.29 is 9.15 Å². The predicted molar refractivity (Wildman–Crippen MR) is 81.9 cm³/mol. The number of nitrogens with two attached hydrogens (primary N) is 1. The van der Waals surface area contributed by atoms with Gasteiger partial charge >= 0.3 is 0 Å². The molecule has 5 nitrogen and oxygen atoms in total. The topological polar surface area (TPSA) is 66.2 Å². The van der Waals surface area contributed by atoms with E-state index >= 15 is 0 Å². The Morgan fingerprint density at radius 1 is 1.24 bits per heavy atom. The van der Waals surface area contributed by atoms with Crippen LogP contribution in [0.25, 0.3) is 22.6 Å². The molecule has 0 saturated carbocycles. The first kappa shape index (κ1) is 13.3. The third-order valence-electron chi connectivity index (χ3n) is 3.30. The molecule has 3 aromatic rings. The second-order valence-electron chi connectivity index (χ2n) is 4.67. The van der Waals surface area contributed by atoms with Crippen LogP contribution in [-0.2, 0) is 7.05 Å². The molecule has 0 aliphatic carbocycles. The molecule has 0 fully saturated rings. The van der Waals surface area contributed by atoms with Gasteiger partial charge in [0.15, 0.2) is 5.76 Å². The van der Waals surface area contributed by atoms with Crippen LogP contribution in [0.5, 0.6) is 5.75 Å². The standard InChI is InChI=1S/C16H17N3O2/c1-3-20-12-8-6-11(7-9-12)14-15(13-5-4-10-21-13)18-19(2)16(14)17/h4-10H,3,17H2,1-2H3. The quantitative estimate of drug-likeness (QED) is 0.797. The summed E-state index contributed by atoms with van der Waals surface area (Å²) in [4.78, 5) is 0. The normalized spacial score (nSPS) is 10.8. The van der Waals surface area contributed by atoms with Crippen LogP contribution in [-0.4, -0.2) is 16.4 Å². The van der Waals surface area contributed by atoms with E-state index in [-0.39, 0.29) is 0 Å². The molecule has 5 heteroatoms. The number of aromatic nitrogens is 2. The first-order valence-electron chi connectivity index (χ1n) is 6.80. The summed E-state index contributed by atoms with van der Waals surface area (Å²) in [5.41, 5.74) is 8.76. The van der Waals surface area contributed by atoms with E-state index in [0.717, 1.165) is 22.6 Å². The summed E-state index contributed by atoms with van der Waals surface area (Å²) < 4.78 is 12.6. The Morgan fingerprint density at radius 2 is 2.00 bits per heavy atom. The van der Waals surface area contributed by atoms with Gasteiger partial charge in [-0.05, 0) is 36.8 Å². The van der Waals surface area contributed by atoms with E-state index in [4.69, 9.17) is 14.9 Å². The Labute approximate surface area is 122 Å². The van der Waals surface area contributed by atoms with Crippen LogP contribution < -0.4 is 10.5 Å². The van der Waals surface area contributed by atoms with Crippen LogP contribution >= 0.6 is 0 Å². The number of benzene rings is 1. The number of ether oxygens (including phenoxy) is 1. The van der Waals surface area contributed by atoms with E-state index in [0.29, 0.717) is 18.2 Å². The Bertz CT molecular complexity index is 728. The van der Waals surface area contributed by atoms with Crippen molar-refractivity contribution in [2.45, 2.75) is 6.92 Å². The fraction of sp³-hybridized carbons (Fsp3) is 0.188. The van der Waals surface area contributed by atoms with Crippen molar-refractivity contribution in [3.63, 3.8) is 0 Å². The molecule has 2 N–H and O–H groups in total.